The number of benzene rings is 5. The molecule has 19 heteroatoms. The minimum atomic E-state index is -6.00. The van der Waals surface area contributed by atoms with Crippen molar-refractivity contribution in [3.63, 3.8) is 0 Å². The Bertz CT molecular complexity index is 2960. The first-order valence-electron chi connectivity index (χ1n) is 21.0. The number of hydrogen-bond acceptors (Lipinski definition) is 0. The summed E-state index contributed by atoms with van der Waals surface area (Å²) in [6.07, 6.45) is 4.25. The lowest BCUT2D eigenvalue weighted by Crippen LogP contribution is -2.30. The van der Waals surface area contributed by atoms with Crippen LogP contribution in [0.1, 0.15) is 52.7 Å². The molecular formula is C48H49B3F12N4. The fraction of sp³-hybridized carbons (Fsp3) is 0.229. The van der Waals surface area contributed by atoms with Gasteiger partial charge < -0.3 is 51.8 Å². The van der Waals surface area contributed by atoms with Crippen LogP contribution in [0.5, 0.6) is 0 Å². The number of nitrogens with zero attached hydrogens (tertiary/aromatic N) is 4. The first-order chi connectivity index (χ1) is 30.8. The second-order valence-corrected chi connectivity index (χ2v) is 17.9. The van der Waals surface area contributed by atoms with Crippen molar-refractivity contribution in [3.05, 3.63) is 145 Å². The second kappa shape index (κ2) is 19.5. The molecule has 0 aliphatic heterocycles. The fourth-order valence-electron chi connectivity index (χ4n) is 7.90. The molecule has 8 rings (SSSR count). The van der Waals surface area contributed by atoms with E-state index in [4.69, 9.17) is 0 Å². The van der Waals surface area contributed by atoms with Gasteiger partial charge in [0.2, 0.25) is 11.4 Å². The van der Waals surface area contributed by atoms with Crippen LogP contribution in [0, 0.1) is 0 Å². The first-order valence-corrected chi connectivity index (χ1v) is 21.0. The summed E-state index contributed by atoms with van der Waals surface area (Å²) in [6.45, 7) is 13.7. The highest BCUT2D eigenvalue weighted by molar-refractivity contribution is 6.50. The van der Waals surface area contributed by atoms with Crippen molar-refractivity contribution in [1.82, 2.24) is 4.57 Å². The average Bonchev–Trinajstić information content (AvgIpc) is 3.51. The summed E-state index contributed by atoms with van der Waals surface area (Å²) in [5.41, 5.74) is 12.3. The Morgan fingerprint density at radius 2 is 0.776 bits per heavy atom. The van der Waals surface area contributed by atoms with Gasteiger partial charge in [0.25, 0.3) is 5.82 Å². The maximum atomic E-state index is 9.75. The molecule has 0 N–H and O–H groups in total. The topological polar surface area (TPSA) is 16.6 Å². The Labute approximate surface area is 381 Å². The zero-order chi connectivity index (χ0) is 50.0. The number of imidazole rings is 1. The molecule has 0 atom stereocenters. The molecule has 0 saturated carbocycles. The maximum absolute atomic E-state index is 9.75. The van der Waals surface area contributed by atoms with Crippen molar-refractivity contribution in [2.24, 2.45) is 21.1 Å². The SMILES string of the molecule is C[n+]1ccccc1-c1ccc2c3ccc(-c4cccc[n+]4C)cc3c3c(c2c1)n(-c1ccc(C(C)(C)C)cc1)c(-c1ccc(C(C)(C)C)cc1)[n+]3C.F[B-](F)(F)F.F[B-](F)(F)F.F[B-](F)(F)F. The molecule has 0 aliphatic carbocycles. The van der Waals surface area contributed by atoms with Gasteiger partial charge in [-0.25, -0.2) is 13.7 Å². The summed E-state index contributed by atoms with van der Waals surface area (Å²) in [5, 5.41) is 4.96. The van der Waals surface area contributed by atoms with E-state index in [1.807, 2.05) is 0 Å². The predicted molar refractivity (Wildman–Crippen MR) is 246 cm³/mol. The predicted octanol–water partition coefficient (Wildman–Crippen LogP) is 13.9. The number of rotatable bonds is 4. The molecule has 0 radical (unpaired) electrons. The Kier molecular flexibility index (Phi) is 15.1. The van der Waals surface area contributed by atoms with E-state index in [-0.39, 0.29) is 10.8 Å². The van der Waals surface area contributed by atoms with Gasteiger partial charge in [0, 0.05) is 46.2 Å². The Balaban J connectivity index is 0.000000488. The zero-order valence-electron chi connectivity index (χ0n) is 38.3. The van der Waals surface area contributed by atoms with E-state index in [1.54, 1.807) is 0 Å². The van der Waals surface area contributed by atoms with Crippen LogP contribution in [0.25, 0.3) is 72.2 Å². The third kappa shape index (κ3) is 13.4. The summed E-state index contributed by atoms with van der Waals surface area (Å²) in [6, 6.07) is 45.3. The van der Waals surface area contributed by atoms with Crippen LogP contribution < -0.4 is 13.7 Å². The maximum Gasteiger partial charge on any atom is 0.673 e. The number of hydrogen-bond donors (Lipinski definition) is 0. The normalized spacial score (nSPS) is 12.3. The van der Waals surface area contributed by atoms with Crippen LogP contribution in [0.4, 0.5) is 51.8 Å². The van der Waals surface area contributed by atoms with Crippen molar-refractivity contribution in [1.29, 1.82) is 0 Å². The lowest BCUT2D eigenvalue weighted by molar-refractivity contribution is -0.660. The lowest BCUT2D eigenvalue weighted by Gasteiger charge is -2.19. The number of pyridine rings is 2. The monoisotopic (exact) mass is 942 g/mol. The standard InChI is InChI=1S/C48H49N4.3BF4/c1-47(2,3)35-20-16-32(17-21-35)46-51(9)44-40-30-33(42-14-10-12-28-49(42)7)18-26-38(40)39-27-19-34(43-15-11-13-29-50(43)8)31-41(39)45(44)52(46)37-24-22-36(23-25-37)48(4,5)6;3*2-1(3,4)5/h10-31H,1-9H3;;;/q+3;3*-1. The van der Waals surface area contributed by atoms with Gasteiger partial charge in [0.05, 0.1) is 12.6 Å². The highest BCUT2D eigenvalue weighted by Gasteiger charge is 2.32. The van der Waals surface area contributed by atoms with Crippen molar-refractivity contribution >= 4 is 54.3 Å². The van der Waals surface area contributed by atoms with E-state index in [0.29, 0.717) is 0 Å². The summed E-state index contributed by atoms with van der Waals surface area (Å²) in [5.74, 6) is 1.15. The largest absolute Gasteiger partial charge is 0.673 e. The molecule has 0 spiro atoms. The summed E-state index contributed by atoms with van der Waals surface area (Å²) in [7, 11) is -11.5. The minimum Gasteiger partial charge on any atom is -0.418 e. The van der Waals surface area contributed by atoms with Gasteiger partial charge in [-0.15, -0.1) is 0 Å². The van der Waals surface area contributed by atoms with Crippen LogP contribution >= 0.6 is 0 Å². The molecule has 0 aliphatic rings. The van der Waals surface area contributed by atoms with E-state index in [9.17, 15) is 51.8 Å². The van der Waals surface area contributed by atoms with Gasteiger partial charge in [0.15, 0.2) is 23.4 Å². The van der Waals surface area contributed by atoms with E-state index in [1.165, 1.54) is 71.8 Å². The Morgan fingerprint density at radius 3 is 1.16 bits per heavy atom. The van der Waals surface area contributed by atoms with Gasteiger partial charge in [-0.1, -0.05) is 77.9 Å². The molecule has 5 aromatic carbocycles. The quantitative estimate of drug-likeness (QED) is 0.0724. The van der Waals surface area contributed by atoms with E-state index < -0.39 is 21.8 Å². The molecule has 0 fully saturated rings. The third-order valence-electron chi connectivity index (χ3n) is 10.9. The molecule has 0 unspecified atom stereocenters. The molecule has 0 saturated heterocycles. The van der Waals surface area contributed by atoms with Gasteiger partial charge in [-0.05, 0) is 93.4 Å². The van der Waals surface area contributed by atoms with Crippen LogP contribution in [0.2, 0.25) is 0 Å². The van der Waals surface area contributed by atoms with Crippen molar-refractivity contribution in [2.45, 2.75) is 52.4 Å². The van der Waals surface area contributed by atoms with Crippen molar-refractivity contribution in [3.8, 4) is 39.6 Å². The van der Waals surface area contributed by atoms with Crippen molar-refractivity contribution in [2.75, 3.05) is 0 Å². The molecule has 3 aromatic heterocycles. The van der Waals surface area contributed by atoms with E-state index in [2.05, 4.69) is 215 Å². The summed E-state index contributed by atoms with van der Waals surface area (Å²) < 4.78 is 126. The number of fused-ring (bicyclic) bond motifs is 6. The first kappa shape index (κ1) is 51.7. The lowest BCUT2D eigenvalue weighted by atomic mass is 9.86. The Hall–Kier alpha value is -6.26. The third-order valence-corrected chi connectivity index (χ3v) is 10.9. The molecule has 0 bridgehead atoms. The van der Waals surface area contributed by atoms with E-state index in [0.717, 1.165) is 11.5 Å². The molecule has 8 aromatic rings. The molecule has 3 heterocycles. The van der Waals surface area contributed by atoms with Crippen molar-refractivity contribution < 1.29 is 65.5 Å². The van der Waals surface area contributed by atoms with Crippen LogP contribution in [0.15, 0.2) is 134 Å². The smallest absolute Gasteiger partial charge is 0.418 e. The molecular weight excluding hydrogens is 893 g/mol. The number of aryl methyl sites for hydroxylation is 3. The highest BCUT2D eigenvalue weighted by atomic mass is 19.5. The summed E-state index contributed by atoms with van der Waals surface area (Å²) >= 11 is 0. The van der Waals surface area contributed by atoms with Crippen LogP contribution in [0.3, 0.4) is 0 Å². The molecule has 67 heavy (non-hydrogen) atoms. The number of halogens is 12. The van der Waals surface area contributed by atoms with Gasteiger partial charge in [0.1, 0.15) is 19.8 Å². The van der Waals surface area contributed by atoms with Crippen LogP contribution in [-0.4, -0.2) is 26.3 Å². The second-order valence-electron chi connectivity index (χ2n) is 17.9. The number of aromatic nitrogens is 4. The van der Waals surface area contributed by atoms with Gasteiger partial charge in [-0.2, -0.15) is 4.57 Å². The molecule has 4 nitrogen and oxygen atoms in total. The Morgan fingerprint density at radius 1 is 0.418 bits per heavy atom. The highest BCUT2D eigenvalue weighted by Crippen LogP contribution is 2.41. The minimum absolute atomic E-state index is 0.0561. The van der Waals surface area contributed by atoms with E-state index >= 15 is 0 Å². The van der Waals surface area contributed by atoms with Gasteiger partial charge >= 0.3 is 21.8 Å². The summed E-state index contributed by atoms with van der Waals surface area (Å²) in [4.78, 5) is 0. The van der Waals surface area contributed by atoms with Crippen LogP contribution in [-0.2, 0) is 32.0 Å². The molecule has 354 valence electrons. The zero-order valence-corrected chi connectivity index (χ0v) is 38.3. The fourth-order valence-corrected chi connectivity index (χ4v) is 7.90. The molecule has 0 amide bonds. The average molecular weight is 942 g/mol. The van der Waals surface area contributed by atoms with Gasteiger partial charge in [-0.3, -0.25) is 0 Å².